The van der Waals surface area contributed by atoms with Crippen molar-refractivity contribution in [3.8, 4) is 28.1 Å². The monoisotopic (exact) mass is 625 g/mol. The van der Waals surface area contributed by atoms with Gasteiger partial charge in [-0.15, -0.1) is 21.5 Å². The van der Waals surface area contributed by atoms with Gasteiger partial charge in [0.1, 0.15) is 16.3 Å². The predicted octanol–water partition coefficient (Wildman–Crippen LogP) is 9.56. The molecule has 232 valence electrons. The van der Waals surface area contributed by atoms with E-state index in [2.05, 4.69) is 31.2 Å². The number of unbranched alkanes of at least 4 members (excludes halogenated alkanes) is 8. The summed E-state index contributed by atoms with van der Waals surface area (Å²) >= 11 is 1.49. The van der Waals surface area contributed by atoms with E-state index in [1.807, 2.05) is 75.8 Å². The molecule has 0 fully saturated rings. The highest BCUT2D eigenvalue weighted by atomic mass is 32.1. The van der Waals surface area contributed by atoms with Crippen molar-refractivity contribution in [3.05, 3.63) is 102 Å². The Labute approximate surface area is 273 Å². The number of hydrogen-bond donors (Lipinski definition) is 1. The van der Waals surface area contributed by atoms with Crippen molar-refractivity contribution >= 4 is 37.5 Å². The summed E-state index contributed by atoms with van der Waals surface area (Å²) in [5.74, 6) is 1.52. The van der Waals surface area contributed by atoms with Gasteiger partial charge in [0.05, 0.1) is 15.9 Å². The molecule has 7 aromatic rings. The number of para-hydroxylation sites is 1. The van der Waals surface area contributed by atoms with Gasteiger partial charge in [-0.3, -0.25) is 5.41 Å². The van der Waals surface area contributed by atoms with E-state index in [-0.39, 0.29) is 0 Å². The SMILES string of the molecule is CCCCCCCCCCCc1nn(-c2ccccc2)c2nc3c(sc4nnc(-c5ccccc5)c(-c5ccccc5)c43)c(=N)n12. The molecule has 0 bridgehead atoms. The van der Waals surface area contributed by atoms with Gasteiger partial charge in [0.2, 0.25) is 5.78 Å². The number of nitrogens with one attached hydrogen (secondary N) is 1. The van der Waals surface area contributed by atoms with Gasteiger partial charge in [-0.2, -0.15) is 9.78 Å². The van der Waals surface area contributed by atoms with Crippen molar-refractivity contribution in [3.63, 3.8) is 0 Å². The van der Waals surface area contributed by atoms with Gasteiger partial charge >= 0.3 is 0 Å². The third-order valence-electron chi connectivity index (χ3n) is 8.72. The maximum atomic E-state index is 9.53. The Balaban J connectivity index is 1.35. The van der Waals surface area contributed by atoms with Crippen molar-refractivity contribution in [2.24, 2.45) is 0 Å². The minimum atomic E-state index is 0.399. The largest absolute Gasteiger partial charge is 0.283 e. The molecule has 46 heavy (non-hydrogen) atoms. The third-order valence-corrected chi connectivity index (χ3v) is 9.79. The van der Waals surface area contributed by atoms with E-state index < -0.39 is 0 Å². The Morgan fingerprint density at radius 1 is 0.696 bits per heavy atom. The topological polar surface area (TPSA) is 84.8 Å². The molecule has 4 aromatic heterocycles. The van der Waals surface area contributed by atoms with E-state index in [0.717, 1.165) is 73.6 Å². The Hall–Kier alpha value is -4.69. The molecule has 0 spiro atoms. The fourth-order valence-corrected chi connectivity index (χ4v) is 7.37. The Bertz CT molecular complexity index is 2130. The minimum absolute atomic E-state index is 0.399. The second-order valence-electron chi connectivity index (χ2n) is 12.0. The van der Waals surface area contributed by atoms with Crippen molar-refractivity contribution in [1.82, 2.24) is 29.4 Å². The third kappa shape index (κ3) is 5.85. The fourth-order valence-electron chi connectivity index (χ4n) is 6.36. The van der Waals surface area contributed by atoms with Crippen LogP contribution in [0.1, 0.15) is 70.5 Å². The molecule has 0 radical (unpaired) electrons. The van der Waals surface area contributed by atoms with Crippen LogP contribution in [0.4, 0.5) is 0 Å². The molecule has 3 aromatic carbocycles. The van der Waals surface area contributed by atoms with E-state index in [1.165, 1.54) is 56.3 Å². The number of fused-ring (bicyclic) bond motifs is 4. The second-order valence-corrected chi connectivity index (χ2v) is 13.0. The molecule has 0 atom stereocenters. The number of aromatic nitrogens is 6. The molecule has 0 unspecified atom stereocenters. The lowest BCUT2D eigenvalue weighted by Crippen LogP contribution is -2.16. The van der Waals surface area contributed by atoms with Crippen molar-refractivity contribution in [2.75, 3.05) is 0 Å². The van der Waals surface area contributed by atoms with Crippen LogP contribution in [0.5, 0.6) is 0 Å². The van der Waals surface area contributed by atoms with Gasteiger partial charge in [0.25, 0.3) is 0 Å². The standard InChI is InChI=1S/C38H39N7S/c1-2-3-4-5-6-7-8-9-19-26-30-43-45(29-24-17-12-18-25-29)38-40-34-32-31(27-20-13-10-14-21-27)33(28-22-15-11-16-23-28)41-42-37(32)46-35(34)36(39)44(30)38/h10-18,20-25,39H,2-9,19,26H2,1H3. The zero-order valence-corrected chi connectivity index (χ0v) is 27.1. The van der Waals surface area contributed by atoms with E-state index in [4.69, 9.17) is 20.3 Å². The van der Waals surface area contributed by atoms with E-state index in [0.29, 0.717) is 11.3 Å². The summed E-state index contributed by atoms with van der Waals surface area (Å²) in [4.78, 5) is 6.10. The number of rotatable bonds is 13. The Morgan fingerprint density at radius 2 is 1.30 bits per heavy atom. The molecule has 7 rings (SSSR count). The normalized spacial score (nSPS) is 11.7. The molecule has 0 saturated heterocycles. The first-order chi connectivity index (χ1) is 22.7. The first-order valence-corrected chi connectivity index (χ1v) is 17.4. The smallest absolute Gasteiger partial charge is 0.239 e. The van der Waals surface area contributed by atoms with Crippen LogP contribution in [-0.4, -0.2) is 29.4 Å². The molecule has 0 aliphatic carbocycles. The first kappa shape index (κ1) is 30.0. The van der Waals surface area contributed by atoms with Crippen molar-refractivity contribution < 1.29 is 0 Å². The van der Waals surface area contributed by atoms with Crippen LogP contribution >= 0.6 is 11.3 Å². The average Bonchev–Trinajstić information content (AvgIpc) is 3.67. The van der Waals surface area contributed by atoms with Crippen LogP contribution in [0.15, 0.2) is 91.0 Å². The molecule has 0 aliphatic rings. The second kappa shape index (κ2) is 13.7. The highest BCUT2D eigenvalue weighted by Gasteiger charge is 2.23. The Morgan fingerprint density at radius 3 is 1.98 bits per heavy atom. The van der Waals surface area contributed by atoms with Crippen molar-refractivity contribution in [1.29, 1.82) is 5.41 Å². The van der Waals surface area contributed by atoms with Gasteiger partial charge in [0.15, 0.2) is 5.49 Å². The van der Waals surface area contributed by atoms with Gasteiger partial charge < -0.3 is 0 Å². The predicted molar refractivity (Wildman–Crippen MR) is 188 cm³/mol. The summed E-state index contributed by atoms with van der Waals surface area (Å²) in [5.41, 5.74) is 5.93. The maximum absolute atomic E-state index is 9.53. The fraction of sp³-hybridized carbons (Fsp3) is 0.289. The van der Waals surface area contributed by atoms with Crippen LogP contribution in [-0.2, 0) is 6.42 Å². The molecule has 4 heterocycles. The average molecular weight is 626 g/mol. The lowest BCUT2D eigenvalue weighted by atomic mass is 9.97. The van der Waals surface area contributed by atoms with E-state index in [1.54, 1.807) is 0 Å². The number of benzene rings is 3. The van der Waals surface area contributed by atoms with Crippen molar-refractivity contribution in [2.45, 2.75) is 71.1 Å². The summed E-state index contributed by atoms with van der Waals surface area (Å²) in [6.45, 7) is 2.27. The summed E-state index contributed by atoms with van der Waals surface area (Å²) < 4.78 is 4.65. The van der Waals surface area contributed by atoms with E-state index in [9.17, 15) is 5.41 Å². The summed E-state index contributed by atoms with van der Waals surface area (Å²) in [6, 6.07) is 30.7. The lowest BCUT2D eigenvalue weighted by molar-refractivity contribution is 0.560. The van der Waals surface area contributed by atoms with Crippen LogP contribution in [0.25, 0.3) is 54.3 Å². The van der Waals surface area contributed by atoms with Crippen LogP contribution < -0.4 is 5.49 Å². The first-order valence-electron chi connectivity index (χ1n) is 16.6. The van der Waals surface area contributed by atoms with E-state index >= 15 is 0 Å². The summed E-state index contributed by atoms with van der Waals surface area (Å²) in [7, 11) is 0. The zero-order chi connectivity index (χ0) is 31.3. The molecular weight excluding hydrogens is 587 g/mol. The lowest BCUT2D eigenvalue weighted by Gasteiger charge is -2.10. The molecule has 8 heteroatoms. The molecule has 0 aliphatic heterocycles. The molecule has 7 nitrogen and oxygen atoms in total. The zero-order valence-electron chi connectivity index (χ0n) is 26.3. The van der Waals surface area contributed by atoms with Crippen LogP contribution in [0.2, 0.25) is 0 Å². The van der Waals surface area contributed by atoms with Gasteiger partial charge in [0, 0.05) is 22.9 Å². The number of hydrogen-bond acceptors (Lipinski definition) is 6. The van der Waals surface area contributed by atoms with Gasteiger partial charge in [-0.05, 0) is 24.1 Å². The maximum Gasteiger partial charge on any atom is 0.239 e. The molecule has 1 N–H and O–H groups in total. The highest BCUT2D eigenvalue weighted by molar-refractivity contribution is 7.25. The van der Waals surface area contributed by atoms with Crippen LogP contribution in [0, 0.1) is 5.41 Å². The minimum Gasteiger partial charge on any atom is -0.283 e. The quantitative estimate of drug-likeness (QED) is 0.129. The number of nitrogens with zero attached hydrogens (tertiary/aromatic N) is 6. The van der Waals surface area contributed by atoms with Gasteiger partial charge in [-0.25, -0.2) is 9.38 Å². The number of aryl methyl sites for hydroxylation is 1. The summed E-state index contributed by atoms with van der Waals surface area (Å²) in [5, 5.41) is 25.0. The molecule has 0 saturated carbocycles. The van der Waals surface area contributed by atoms with Crippen LogP contribution in [0.3, 0.4) is 0 Å². The number of thiophene rings is 1. The summed E-state index contributed by atoms with van der Waals surface area (Å²) in [6.07, 6.45) is 12.2. The van der Waals surface area contributed by atoms with Gasteiger partial charge in [-0.1, -0.05) is 137 Å². The Kier molecular flexibility index (Phi) is 8.96. The molecular formula is C38H39N7S. The molecule has 0 amide bonds. The highest BCUT2D eigenvalue weighted by Crippen LogP contribution is 2.41.